The summed E-state index contributed by atoms with van der Waals surface area (Å²) < 4.78 is 0.976. The molecule has 100 valence electrons. The van der Waals surface area contributed by atoms with Gasteiger partial charge in [-0.1, -0.05) is 0 Å². The van der Waals surface area contributed by atoms with Gasteiger partial charge in [0.05, 0.1) is 0 Å². The van der Waals surface area contributed by atoms with Crippen LogP contribution in [0.1, 0.15) is 22.3 Å². The van der Waals surface area contributed by atoms with Crippen LogP contribution in [0, 0.1) is 27.7 Å². The summed E-state index contributed by atoms with van der Waals surface area (Å²) in [5.74, 6) is 0. The second-order valence-electron chi connectivity index (χ2n) is 5.13. The van der Waals surface area contributed by atoms with E-state index >= 15 is 0 Å². The van der Waals surface area contributed by atoms with Gasteiger partial charge in [-0.3, -0.25) is 0 Å². The zero-order valence-corrected chi connectivity index (χ0v) is 13.4. The van der Waals surface area contributed by atoms with Gasteiger partial charge in [-0.25, -0.2) is 0 Å². The van der Waals surface area contributed by atoms with Gasteiger partial charge in [-0.15, -0.1) is 0 Å². The van der Waals surface area contributed by atoms with E-state index in [1.807, 2.05) is 18.2 Å². The van der Waals surface area contributed by atoms with Crippen LogP contribution in [0.25, 0.3) is 11.1 Å². The molecule has 0 aliphatic heterocycles. The van der Waals surface area contributed by atoms with Gasteiger partial charge in [-0.05, 0) is 95.2 Å². The first-order valence-corrected chi connectivity index (χ1v) is 7.04. The van der Waals surface area contributed by atoms with Crippen LogP contribution in [0.3, 0.4) is 0 Å². The molecule has 2 aromatic rings. The molecule has 19 heavy (non-hydrogen) atoms. The Bertz CT molecular complexity index is 637. The molecule has 0 amide bonds. The molecule has 0 saturated heterocycles. The maximum atomic E-state index is 6.00. The van der Waals surface area contributed by atoms with Crippen LogP contribution in [0.15, 0.2) is 22.7 Å². The predicted octanol–water partition coefficient (Wildman–Crippen LogP) is 4.51. The quantitative estimate of drug-likeness (QED) is 0.760. The number of rotatable bonds is 1. The number of aryl methyl sites for hydroxylation is 3. The second-order valence-corrected chi connectivity index (χ2v) is 5.92. The van der Waals surface area contributed by atoms with Gasteiger partial charge in [-0.2, -0.15) is 0 Å². The molecule has 4 N–H and O–H groups in total. The Morgan fingerprint density at radius 3 is 1.79 bits per heavy atom. The lowest BCUT2D eigenvalue weighted by Gasteiger charge is -2.18. The van der Waals surface area contributed by atoms with Gasteiger partial charge in [0.1, 0.15) is 0 Å². The van der Waals surface area contributed by atoms with E-state index in [0.717, 1.165) is 15.8 Å². The zero-order valence-electron chi connectivity index (χ0n) is 11.8. The molecule has 0 unspecified atom stereocenters. The fourth-order valence-corrected chi connectivity index (χ4v) is 3.08. The van der Waals surface area contributed by atoms with Crippen LogP contribution in [-0.4, -0.2) is 0 Å². The van der Waals surface area contributed by atoms with E-state index in [-0.39, 0.29) is 0 Å². The minimum Gasteiger partial charge on any atom is -0.399 e. The van der Waals surface area contributed by atoms with Gasteiger partial charge in [0.2, 0.25) is 0 Å². The van der Waals surface area contributed by atoms with Gasteiger partial charge in [0.25, 0.3) is 0 Å². The van der Waals surface area contributed by atoms with Crippen molar-refractivity contribution in [2.75, 3.05) is 11.5 Å². The van der Waals surface area contributed by atoms with Crippen molar-refractivity contribution in [2.24, 2.45) is 0 Å². The monoisotopic (exact) mass is 318 g/mol. The van der Waals surface area contributed by atoms with Crippen molar-refractivity contribution in [3.05, 3.63) is 44.9 Å². The summed E-state index contributed by atoms with van der Waals surface area (Å²) in [5, 5.41) is 0. The van der Waals surface area contributed by atoms with Gasteiger partial charge in [0, 0.05) is 15.8 Å². The number of nitrogen functional groups attached to an aromatic ring is 2. The lowest BCUT2D eigenvalue weighted by molar-refractivity contribution is 1.31. The topological polar surface area (TPSA) is 52.0 Å². The predicted molar refractivity (Wildman–Crippen MR) is 87.4 cm³/mol. The summed E-state index contributed by atoms with van der Waals surface area (Å²) >= 11 is 3.58. The lowest BCUT2D eigenvalue weighted by atomic mass is 9.89. The van der Waals surface area contributed by atoms with Crippen LogP contribution in [0.2, 0.25) is 0 Å². The van der Waals surface area contributed by atoms with Gasteiger partial charge < -0.3 is 11.5 Å². The molecule has 0 spiro atoms. The Morgan fingerprint density at radius 2 is 1.26 bits per heavy atom. The first-order chi connectivity index (χ1) is 8.82. The summed E-state index contributed by atoms with van der Waals surface area (Å²) in [6.45, 7) is 8.39. The third-order valence-corrected chi connectivity index (χ3v) is 4.58. The Kier molecular flexibility index (Phi) is 3.59. The van der Waals surface area contributed by atoms with E-state index in [1.54, 1.807) is 0 Å². The van der Waals surface area contributed by atoms with E-state index in [1.165, 1.54) is 33.4 Å². The molecule has 0 saturated carbocycles. The molecule has 0 atom stereocenters. The van der Waals surface area contributed by atoms with Gasteiger partial charge >= 0.3 is 0 Å². The molecule has 0 aromatic heterocycles. The molecule has 0 aliphatic carbocycles. The highest BCUT2D eigenvalue weighted by atomic mass is 79.9. The minimum absolute atomic E-state index is 0.782. The highest BCUT2D eigenvalue weighted by molar-refractivity contribution is 9.10. The summed E-state index contributed by atoms with van der Waals surface area (Å²) in [6, 6.07) is 6.05. The Labute approximate surface area is 122 Å². The van der Waals surface area contributed by atoms with E-state index in [2.05, 4.69) is 43.6 Å². The number of benzene rings is 2. The fraction of sp³-hybridized carbons (Fsp3) is 0.250. The molecule has 0 fully saturated rings. The zero-order chi connectivity index (χ0) is 14.3. The van der Waals surface area contributed by atoms with Crippen molar-refractivity contribution >= 4 is 27.3 Å². The number of hydrogen-bond acceptors (Lipinski definition) is 2. The van der Waals surface area contributed by atoms with E-state index in [9.17, 15) is 0 Å². The lowest BCUT2D eigenvalue weighted by Crippen LogP contribution is -1.99. The summed E-state index contributed by atoms with van der Waals surface area (Å²) in [5.41, 5.74) is 20.8. The summed E-state index contributed by atoms with van der Waals surface area (Å²) in [4.78, 5) is 0. The highest BCUT2D eigenvalue weighted by Gasteiger charge is 2.15. The van der Waals surface area contributed by atoms with Crippen molar-refractivity contribution in [2.45, 2.75) is 27.7 Å². The number of hydrogen-bond donors (Lipinski definition) is 2. The maximum absolute atomic E-state index is 6.00. The van der Waals surface area contributed by atoms with E-state index < -0.39 is 0 Å². The Balaban J connectivity index is 2.84. The summed E-state index contributed by atoms with van der Waals surface area (Å²) in [6.07, 6.45) is 0. The molecule has 0 aliphatic rings. The molecular formula is C16H19BrN2. The average Bonchev–Trinajstić information content (AvgIpc) is 2.29. The molecule has 0 bridgehead atoms. The number of anilines is 2. The summed E-state index contributed by atoms with van der Waals surface area (Å²) in [7, 11) is 0. The first kappa shape index (κ1) is 13.9. The molecule has 2 nitrogen and oxygen atoms in total. The Hall–Kier alpha value is -1.48. The molecular weight excluding hydrogens is 300 g/mol. The van der Waals surface area contributed by atoms with Crippen LogP contribution >= 0.6 is 15.9 Å². The molecule has 0 heterocycles. The number of halogens is 1. The standard InChI is InChI=1S/C16H19BrN2/c1-8-5-12(18)6-9(2)14(8)15-10(3)7-13(19)16(17)11(15)4/h5-7H,18-19H2,1-4H3. The normalized spacial score (nSPS) is 10.8. The van der Waals surface area contributed by atoms with E-state index in [4.69, 9.17) is 11.5 Å². The molecule has 3 heteroatoms. The second kappa shape index (κ2) is 4.89. The molecule has 2 aromatic carbocycles. The SMILES string of the molecule is Cc1cc(N)cc(C)c1-c1c(C)cc(N)c(Br)c1C. The molecule has 0 radical (unpaired) electrons. The van der Waals surface area contributed by atoms with Crippen molar-refractivity contribution in [3.63, 3.8) is 0 Å². The number of nitrogens with two attached hydrogens (primary N) is 2. The van der Waals surface area contributed by atoms with Crippen LogP contribution in [-0.2, 0) is 0 Å². The van der Waals surface area contributed by atoms with Crippen LogP contribution < -0.4 is 11.5 Å². The van der Waals surface area contributed by atoms with Crippen molar-refractivity contribution in [1.29, 1.82) is 0 Å². The largest absolute Gasteiger partial charge is 0.399 e. The fourth-order valence-electron chi connectivity index (χ4n) is 2.77. The highest BCUT2D eigenvalue weighted by Crippen LogP contribution is 2.39. The van der Waals surface area contributed by atoms with Gasteiger partial charge in [0.15, 0.2) is 0 Å². The van der Waals surface area contributed by atoms with Crippen molar-refractivity contribution in [3.8, 4) is 11.1 Å². The maximum Gasteiger partial charge on any atom is 0.0464 e. The average molecular weight is 319 g/mol. The van der Waals surface area contributed by atoms with Crippen LogP contribution in [0.4, 0.5) is 11.4 Å². The van der Waals surface area contributed by atoms with E-state index in [0.29, 0.717) is 0 Å². The molecule has 2 rings (SSSR count). The van der Waals surface area contributed by atoms with Crippen molar-refractivity contribution < 1.29 is 0 Å². The van der Waals surface area contributed by atoms with Crippen LogP contribution in [0.5, 0.6) is 0 Å². The third-order valence-electron chi connectivity index (χ3n) is 3.53. The Morgan fingerprint density at radius 1 is 0.789 bits per heavy atom. The third kappa shape index (κ3) is 2.35. The minimum atomic E-state index is 0.782. The smallest absolute Gasteiger partial charge is 0.0464 e. The van der Waals surface area contributed by atoms with Crippen molar-refractivity contribution in [1.82, 2.24) is 0 Å². The first-order valence-electron chi connectivity index (χ1n) is 6.25.